The van der Waals surface area contributed by atoms with Crippen molar-refractivity contribution in [2.75, 3.05) is 11.9 Å². The van der Waals surface area contributed by atoms with Crippen molar-refractivity contribution in [1.82, 2.24) is 24.6 Å². The molecule has 9 nitrogen and oxygen atoms in total. The monoisotopic (exact) mass is 418 g/mol. The number of rotatable bonds is 5. The lowest BCUT2D eigenvalue weighted by Gasteiger charge is -2.15. The number of hydrogen-bond acceptors (Lipinski definition) is 6. The van der Waals surface area contributed by atoms with Gasteiger partial charge in [0, 0.05) is 37.0 Å². The first-order valence-electron chi connectivity index (χ1n) is 10.3. The van der Waals surface area contributed by atoms with Crippen molar-refractivity contribution in [3.8, 4) is 22.8 Å². The predicted octanol–water partition coefficient (Wildman–Crippen LogP) is 3.93. The van der Waals surface area contributed by atoms with Crippen LogP contribution in [0, 0.1) is 6.92 Å². The van der Waals surface area contributed by atoms with Crippen LogP contribution in [0.3, 0.4) is 0 Å². The topological polar surface area (TPSA) is 102 Å². The number of aryl methyl sites for hydroxylation is 1. The van der Waals surface area contributed by atoms with Crippen molar-refractivity contribution in [3.63, 3.8) is 0 Å². The molecule has 0 atom stereocenters. The van der Waals surface area contributed by atoms with Crippen molar-refractivity contribution >= 4 is 17.8 Å². The Morgan fingerprint density at radius 1 is 1.26 bits per heavy atom. The fourth-order valence-corrected chi connectivity index (χ4v) is 3.53. The Bertz CT molecular complexity index is 1150. The molecule has 0 unspecified atom stereocenters. The van der Waals surface area contributed by atoms with E-state index in [2.05, 4.69) is 20.4 Å². The molecule has 3 aromatic rings. The fraction of sp³-hybridized carbons (Fsp3) is 0.318. The molecule has 0 aromatic carbocycles. The molecule has 31 heavy (non-hydrogen) atoms. The molecular weight excluding hydrogens is 396 g/mol. The van der Waals surface area contributed by atoms with Gasteiger partial charge in [-0.05, 0) is 44.4 Å². The van der Waals surface area contributed by atoms with Gasteiger partial charge >= 0.3 is 6.03 Å². The third-order valence-electron chi connectivity index (χ3n) is 5.37. The first-order chi connectivity index (χ1) is 15.1. The molecular formula is C22H22N6O3. The van der Waals surface area contributed by atoms with Crippen LogP contribution in [0.25, 0.3) is 11.3 Å². The van der Waals surface area contributed by atoms with Crippen LogP contribution in [0.5, 0.6) is 11.5 Å². The molecule has 0 bridgehead atoms. The van der Waals surface area contributed by atoms with Crippen molar-refractivity contribution in [1.29, 1.82) is 0 Å². The van der Waals surface area contributed by atoms with Crippen molar-refractivity contribution in [2.45, 2.75) is 38.6 Å². The Morgan fingerprint density at radius 3 is 2.87 bits per heavy atom. The molecule has 0 radical (unpaired) electrons. The molecule has 1 N–H and O–H groups in total. The highest BCUT2D eigenvalue weighted by atomic mass is 16.5. The number of ether oxygens (including phenoxy) is 1. The Balaban J connectivity index is 1.28. The first kappa shape index (κ1) is 19.2. The summed E-state index contributed by atoms with van der Waals surface area (Å²) in [6.07, 6.45) is 8.98. The zero-order chi connectivity index (χ0) is 21.4. The van der Waals surface area contributed by atoms with E-state index in [1.54, 1.807) is 31.3 Å². The standard InChI is InChI=1S/C22H22N6O3/c1-14-19(6-7-20(25-14)26-22(30)27-10-2-3-21(27)29)31-17-8-9-23-18(11-17)15-12-24-28(13-15)16-4-5-16/h6-9,11-13,16H,2-5,10H2,1H3,(H,25,26,30). The maximum absolute atomic E-state index is 12.2. The van der Waals surface area contributed by atoms with E-state index in [4.69, 9.17) is 4.74 Å². The largest absolute Gasteiger partial charge is 0.455 e. The Labute approximate surface area is 179 Å². The molecule has 2 fully saturated rings. The number of anilines is 1. The fourth-order valence-electron chi connectivity index (χ4n) is 3.53. The van der Waals surface area contributed by atoms with E-state index in [9.17, 15) is 9.59 Å². The summed E-state index contributed by atoms with van der Waals surface area (Å²) in [5, 5.41) is 7.09. The van der Waals surface area contributed by atoms with E-state index >= 15 is 0 Å². The number of likely N-dealkylation sites (tertiary alicyclic amines) is 1. The number of amides is 3. The van der Waals surface area contributed by atoms with Crippen LogP contribution in [0.1, 0.15) is 37.4 Å². The lowest BCUT2D eigenvalue weighted by Crippen LogP contribution is -2.35. The molecule has 1 saturated carbocycles. The number of urea groups is 1. The summed E-state index contributed by atoms with van der Waals surface area (Å²) < 4.78 is 8.00. The molecule has 0 spiro atoms. The van der Waals surface area contributed by atoms with E-state index in [-0.39, 0.29) is 5.91 Å². The van der Waals surface area contributed by atoms with Gasteiger partial charge in [-0.15, -0.1) is 0 Å². The van der Waals surface area contributed by atoms with Crippen LogP contribution < -0.4 is 10.1 Å². The minimum atomic E-state index is -0.450. The SMILES string of the molecule is Cc1nc(NC(=O)N2CCCC2=O)ccc1Oc1ccnc(-c2cnn(C3CC3)c2)c1. The lowest BCUT2D eigenvalue weighted by molar-refractivity contribution is -0.125. The van der Waals surface area contributed by atoms with Crippen LogP contribution in [0.15, 0.2) is 42.9 Å². The van der Waals surface area contributed by atoms with Gasteiger partial charge in [-0.1, -0.05) is 0 Å². The molecule has 1 aliphatic heterocycles. The smallest absolute Gasteiger partial charge is 0.329 e. The Hall–Kier alpha value is -3.75. The van der Waals surface area contributed by atoms with Gasteiger partial charge in [-0.3, -0.25) is 24.7 Å². The lowest BCUT2D eigenvalue weighted by atomic mass is 10.2. The van der Waals surface area contributed by atoms with Crippen molar-refractivity contribution in [3.05, 3.63) is 48.5 Å². The molecule has 158 valence electrons. The number of nitrogens with zero attached hydrogens (tertiary/aromatic N) is 5. The average molecular weight is 418 g/mol. The van der Waals surface area contributed by atoms with Crippen molar-refractivity contribution in [2.24, 2.45) is 0 Å². The summed E-state index contributed by atoms with van der Waals surface area (Å²) in [6.45, 7) is 2.24. The molecule has 9 heteroatoms. The third kappa shape index (κ3) is 4.11. The van der Waals surface area contributed by atoms with Gasteiger partial charge in [-0.2, -0.15) is 5.10 Å². The molecule has 1 saturated heterocycles. The van der Waals surface area contributed by atoms with E-state index in [0.29, 0.717) is 48.4 Å². The van der Waals surface area contributed by atoms with Gasteiger partial charge < -0.3 is 4.74 Å². The van der Waals surface area contributed by atoms with Crippen LogP contribution in [-0.2, 0) is 4.79 Å². The molecule has 5 rings (SSSR count). The van der Waals surface area contributed by atoms with Gasteiger partial charge in [0.05, 0.1) is 23.6 Å². The van der Waals surface area contributed by atoms with Crippen LogP contribution in [0.2, 0.25) is 0 Å². The van der Waals surface area contributed by atoms with Gasteiger partial charge in [0.25, 0.3) is 0 Å². The summed E-state index contributed by atoms with van der Waals surface area (Å²) in [5.41, 5.74) is 2.35. The molecule has 3 amide bonds. The summed E-state index contributed by atoms with van der Waals surface area (Å²) >= 11 is 0. The minimum Gasteiger partial charge on any atom is -0.455 e. The van der Waals surface area contributed by atoms with E-state index in [1.807, 2.05) is 23.1 Å². The number of imide groups is 1. The Kier molecular flexibility index (Phi) is 4.85. The Morgan fingerprint density at radius 2 is 2.13 bits per heavy atom. The summed E-state index contributed by atoms with van der Waals surface area (Å²) in [5.74, 6) is 1.41. The number of pyridine rings is 2. The zero-order valence-corrected chi connectivity index (χ0v) is 17.1. The van der Waals surface area contributed by atoms with E-state index < -0.39 is 6.03 Å². The highest BCUT2D eigenvalue weighted by molar-refractivity contribution is 6.01. The molecule has 3 aromatic heterocycles. The number of hydrogen-bond donors (Lipinski definition) is 1. The van der Waals surface area contributed by atoms with Crippen LogP contribution >= 0.6 is 0 Å². The number of carbonyl (C=O) groups is 2. The summed E-state index contributed by atoms with van der Waals surface area (Å²) in [4.78, 5) is 34.0. The second-order valence-electron chi connectivity index (χ2n) is 7.78. The molecule has 2 aliphatic rings. The number of aromatic nitrogens is 4. The third-order valence-corrected chi connectivity index (χ3v) is 5.37. The van der Waals surface area contributed by atoms with E-state index in [0.717, 1.165) is 11.3 Å². The average Bonchev–Trinajstić information content (AvgIpc) is 3.32. The zero-order valence-electron chi connectivity index (χ0n) is 17.1. The molecule has 4 heterocycles. The minimum absolute atomic E-state index is 0.162. The van der Waals surface area contributed by atoms with Gasteiger partial charge in [-0.25, -0.2) is 9.78 Å². The quantitative estimate of drug-likeness (QED) is 0.674. The first-order valence-corrected chi connectivity index (χ1v) is 10.3. The normalized spacial score (nSPS) is 15.9. The summed E-state index contributed by atoms with van der Waals surface area (Å²) in [7, 11) is 0. The van der Waals surface area contributed by atoms with Crippen LogP contribution in [-0.4, -0.2) is 43.1 Å². The summed E-state index contributed by atoms with van der Waals surface area (Å²) in [6, 6.07) is 7.11. The number of carbonyl (C=O) groups excluding carboxylic acids is 2. The highest BCUT2D eigenvalue weighted by Crippen LogP contribution is 2.35. The second-order valence-corrected chi connectivity index (χ2v) is 7.78. The van der Waals surface area contributed by atoms with E-state index in [1.165, 1.54) is 17.7 Å². The maximum Gasteiger partial charge on any atom is 0.329 e. The number of nitrogens with one attached hydrogen (secondary N) is 1. The van der Waals surface area contributed by atoms with Crippen LogP contribution in [0.4, 0.5) is 10.6 Å². The molecule has 1 aliphatic carbocycles. The van der Waals surface area contributed by atoms with Gasteiger partial charge in [0.2, 0.25) is 5.91 Å². The highest BCUT2D eigenvalue weighted by Gasteiger charge is 2.27. The second kappa shape index (κ2) is 7.82. The maximum atomic E-state index is 12.2. The van der Waals surface area contributed by atoms with Gasteiger partial charge in [0.15, 0.2) is 0 Å². The van der Waals surface area contributed by atoms with Crippen molar-refractivity contribution < 1.29 is 14.3 Å². The predicted molar refractivity (Wildman–Crippen MR) is 113 cm³/mol. The van der Waals surface area contributed by atoms with Gasteiger partial charge in [0.1, 0.15) is 17.3 Å².